The van der Waals surface area contributed by atoms with Crippen LogP contribution in [0.1, 0.15) is 70.3 Å². The molecule has 26 heavy (non-hydrogen) atoms. The molecule has 3 fully saturated rings. The molecule has 0 spiro atoms. The third-order valence-electron chi connectivity index (χ3n) is 6.11. The fourth-order valence-electron chi connectivity index (χ4n) is 4.46. The summed E-state index contributed by atoms with van der Waals surface area (Å²) in [6.07, 6.45) is 12.6. The molecule has 1 amide bonds. The molecular weight excluding hydrogens is 348 g/mol. The summed E-state index contributed by atoms with van der Waals surface area (Å²) in [6, 6.07) is 0.445. The smallest absolute Gasteiger partial charge is 0.230 e. The molecule has 7 nitrogen and oxygen atoms in total. The predicted octanol–water partition coefficient (Wildman–Crippen LogP) is 2.41. The van der Waals surface area contributed by atoms with E-state index in [0.717, 1.165) is 24.5 Å². The highest BCUT2D eigenvalue weighted by Crippen LogP contribution is 2.37. The van der Waals surface area contributed by atoms with E-state index < -0.39 is 0 Å². The first-order valence-electron chi connectivity index (χ1n) is 10.2. The first-order chi connectivity index (χ1) is 12.8. The van der Waals surface area contributed by atoms with Gasteiger partial charge in [0.2, 0.25) is 11.1 Å². The minimum atomic E-state index is 0.0994. The average molecular weight is 379 g/mol. The number of hydrogen-bond donors (Lipinski definition) is 1. The normalized spacial score (nSPS) is 23.7. The van der Waals surface area contributed by atoms with E-state index in [-0.39, 0.29) is 11.4 Å². The van der Waals surface area contributed by atoms with E-state index >= 15 is 0 Å². The highest BCUT2D eigenvalue weighted by molar-refractivity contribution is 7.99. The number of amides is 1. The van der Waals surface area contributed by atoms with Gasteiger partial charge in [-0.25, -0.2) is 4.68 Å². The van der Waals surface area contributed by atoms with Gasteiger partial charge in [-0.05, 0) is 62.0 Å². The van der Waals surface area contributed by atoms with Gasteiger partial charge in [-0.2, -0.15) is 0 Å². The van der Waals surface area contributed by atoms with E-state index in [9.17, 15) is 4.79 Å². The molecule has 0 bridgehead atoms. The zero-order chi connectivity index (χ0) is 17.8. The van der Waals surface area contributed by atoms with Crippen molar-refractivity contribution in [3.05, 3.63) is 0 Å². The van der Waals surface area contributed by atoms with E-state index in [2.05, 4.69) is 25.7 Å². The molecule has 2 saturated carbocycles. The van der Waals surface area contributed by atoms with Gasteiger partial charge in [-0.15, -0.1) is 5.10 Å². The van der Waals surface area contributed by atoms with Crippen LogP contribution in [-0.2, 0) is 4.79 Å². The Bertz CT molecular complexity index is 605. The Kier molecular flexibility index (Phi) is 5.78. The fourth-order valence-corrected chi connectivity index (χ4v) is 5.23. The largest absolute Gasteiger partial charge is 0.354 e. The first kappa shape index (κ1) is 18.2. The molecule has 1 aromatic heterocycles. The average Bonchev–Trinajstić information content (AvgIpc) is 3.44. The van der Waals surface area contributed by atoms with Crippen LogP contribution in [0.5, 0.6) is 0 Å². The van der Waals surface area contributed by atoms with Crippen LogP contribution in [0.2, 0.25) is 0 Å². The summed E-state index contributed by atoms with van der Waals surface area (Å²) >= 11 is 1.45. The van der Waals surface area contributed by atoms with Crippen LogP contribution in [0.15, 0.2) is 5.16 Å². The summed E-state index contributed by atoms with van der Waals surface area (Å²) < 4.78 is 1.87. The van der Waals surface area contributed by atoms with Gasteiger partial charge < -0.3 is 5.32 Å². The lowest BCUT2D eigenvalue weighted by atomic mass is 9.79. The summed E-state index contributed by atoms with van der Waals surface area (Å²) in [5, 5.41) is 15.9. The Labute approximate surface area is 159 Å². The van der Waals surface area contributed by atoms with Crippen molar-refractivity contribution in [2.45, 2.75) is 80.9 Å². The number of carbonyl (C=O) groups is 1. The van der Waals surface area contributed by atoms with Gasteiger partial charge in [0.25, 0.3) is 0 Å². The van der Waals surface area contributed by atoms with Crippen molar-refractivity contribution in [2.24, 2.45) is 0 Å². The fraction of sp³-hybridized carbons (Fsp3) is 0.889. The van der Waals surface area contributed by atoms with Crippen LogP contribution in [0.4, 0.5) is 0 Å². The van der Waals surface area contributed by atoms with Crippen molar-refractivity contribution in [3.8, 4) is 0 Å². The monoisotopic (exact) mass is 378 g/mol. The number of nitrogens with one attached hydrogen (secondary N) is 1. The summed E-state index contributed by atoms with van der Waals surface area (Å²) in [5.74, 6) is 0.491. The van der Waals surface area contributed by atoms with Crippen LogP contribution < -0.4 is 5.32 Å². The second kappa shape index (κ2) is 8.25. The number of tetrazole rings is 1. The molecule has 0 unspecified atom stereocenters. The van der Waals surface area contributed by atoms with E-state index in [1.807, 2.05) is 4.68 Å². The van der Waals surface area contributed by atoms with Crippen molar-refractivity contribution >= 4 is 17.7 Å². The van der Waals surface area contributed by atoms with Gasteiger partial charge in [0.05, 0.1) is 11.8 Å². The standard InChI is InChI=1S/C18H30N6OS/c25-16(13-26-17-20-21-22-24(17)15-7-8-15)19-14-18(9-3-1-4-10-18)23-11-5-2-6-12-23/h15H,1-14H2,(H,19,25). The zero-order valence-electron chi connectivity index (χ0n) is 15.5. The summed E-state index contributed by atoms with van der Waals surface area (Å²) in [4.78, 5) is 15.2. The van der Waals surface area contributed by atoms with Gasteiger partial charge in [-0.1, -0.05) is 37.4 Å². The third-order valence-corrected chi connectivity index (χ3v) is 7.05. The summed E-state index contributed by atoms with van der Waals surface area (Å²) in [6.45, 7) is 3.18. The van der Waals surface area contributed by atoms with Crippen molar-refractivity contribution in [1.29, 1.82) is 0 Å². The van der Waals surface area contributed by atoms with Gasteiger partial charge >= 0.3 is 0 Å². The van der Waals surface area contributed by atoms with Gasteiger partial charge in [0.15, 0.2) is 0 Å². The van der Waals surface area contributed by atoms with Crippen LogP contribution in [0.3, 0.4) is 0 Å². The maximum Gasteiger partial charge on any atom is 0.230 e. The SMILES string of the molecule is O=C(CSc1nnnn1C1CC1)NCC1(N2CCCCC2)CCCCC1. The van der Waals surface area contributed by atoms with Crippen molar-refractivity contribution in [3.63, 3.8) is 0 Å². The number of thioether (sulfide) groups is 1. The van der Waals surface area contributed by atoms with Crippen molar-refractivity contribution < 1.29 is 4.79 Å². The second-order valence-corrected chi connectivity index (χ2v) is 8.98. The molecule has 144 valence electrons. The molecule has 2 aliphatic carbocycles. The lowest BCUT2D eigenvalue weighted by Gasteiger charge is -2.48. The number of likely N-dealkylation sites (tertiary alicyclic amines) is 1. The van der Waals surface area contributed by atoms with E-state index in [0.29, 0.717) is 11.8 Å². The molecule has 2 heterocycles. The zero-order valence-corrected chi connectivity index (χ0v) is 16.3. The van der Waals surface area contributed by atoms with E-state index in [1.54, 1.807) is 0 Å². The third kappa shape index (κ3) is 4.22. The molecule has 8 heteroatoms. The molecule has 3 aliphatic rings. The molecule has 0 aromatic carbocycles. The minimum absolute atomic E-state index is 0.0994. The molecule has 1 aromatic rings. The van der Waals surface area contributed by atoms with Gasteiger partial charge in [0.1, 0.15) is 0 Å². The molecule has 0 atom stereocenters. The van der Waals surface area contributed by atoms with Crippen molar-refractivity contribution in [2.75, 3.05) is 25.4 Å². The molecular formula is C18H30N6OS. The maximum absolute atomic E-state index is 12.5. The van der Waals surface area contributed by atoms with E-state index in [4.69, 9.17) is 0 Å². The Morgan fingerprint density at radius 1 is 1.12 bits per heavy atom. The van der Waals surface area contributed by atoms with Gasteiger partial charge in [0, 0.05) is 12.1 Å². The predicted molar refractivity (Wildman–Crippen MR) is 101 cm³/mol. The Hall–Kier alpha value is -1.15. The number of carbonyl (C=O) groups excluding carboxylic acids is 1. The number of rotatable bonds is 7. The van der Waals surface area contributed by atoms with Crippen LogP contribution >= 0.6 is 11.8 Å². The number of hydrogen-bond acceptors (Lipinski definition) is 6. The lowest BCUT2D eigenvalue weighted by molar-refractivity contribution is -0.119. The quantitative estimate of drug-likeness (QED) is 0.734. The summed E-state index contributed by atoms with van der Waals surface area (Å²) in [5.41, 5.74) is 0.189. The van der Waals surface area contributed by atoms with Crippen LogP contribution in [0, 0.1) is 0 Å². The van der Waals surface area contributed by atoms with Gasteiger partial charge in [-0.3, -0.25) is 9.69 Å². The van der Waals surface area contributed by atoms with Crippen LogP contribution in [0.25, 0.3) is 0 Å². The Morgan fingerprint density at radius 3 is 2.58 bits per heavy atom. The highest BCUT2D eigenvalue weighted by atomic mass is 32.2. The molecule has 1 aliphatic heterocycles. The highest BCUT2D eigenvalue weighted by Gasteiger charge is 2.38. The maximum atomic E-state index is 12.5. The first-order valence-corrected chi connectivity index (χ1v) is 11.2. The number of aromatic nitrogens is 4. The summed E-state index contributed by atoms with van der Waals surface area (Å²) in [7, 11) is 0. The molecule has 4 rings (SSSR count). The lowest BCUT2D eigenvalue weighted by Crippen LogP contribution is -2.58. The van der Waals surface area contributed by atoms with Crippen molar-refractivity contribution in [1.82, 2.24) is 30.4 Å². The van der Waals surface area contributed by atoms with Crippen LogP contribution in [-0.4, -0.2) is 61.9 Å². The Balaban J connectivity index is 1.30. The molecule has 1 saturated heterocycles. The second-order valence-electron chi connectivity index (χ2n) is 8.04. The Morgan fingerprint density at radius 2 is 1.85 bits per heavy atom. The molecule has 1 N–H and O–H groups in total. The minimum Gasteiger partial charge on any atom is -0.354 e. The molecule has 0 radical (unpaired) electrons. The van der Waals surface area contributed by atoms with E-state index in [1.165, 1.54) is 76.2 Å². The number of nitrogens with zero attached hydrogens (tertiary/aromatic N) is 5. The topological polar surface area (TPSA) is 75.9 Å². The number of piperidine rings is 1.